The largest absolute Gasteiger partial charge is 0.493 e. The zero-order valence-corrected chi connectivity index (χ0v) is 11.3. The summed E-state index contributed by atoms with van der Waals surface area (Å²) in [6, 6.07) is 5.02. The van der Waals surface area contributed by atoms with Crippen molar-refractivity contribution in [3.63, 3.8) is 0 Å². The Bertz CT molecular complexity index is 556. The fourth-order valence-electron chi connectivity index (χ4n) is 2.55. The van der Waals surface area contributed by atoms with Crippen molar-refractivity contribution in [3.05, 3.63) is 48.3 Å². The summed E-state index contributed by atoms with van der Waals surface area (Å²) in [4.78, 5) is 4.02. The van der Waals surface area contributed by atoms with Crippen LogP contribution in [0.15, 0.2) is 36.9 Å². The summed E-state index contributed by atoms with van der Waals surface area (Å²) >= 11 is 0. The highest BCUT2D eigenvalue weighted by Crippen LogP contribution is 2.31. The number of hydrogen-bond donors (Lipinski definition) is 1. The van der Waals surface area contributed by atoms with E-state index in [1.807, 2.05) is 16.8 Å². The summed E-state index contributed by atoms with van der Waals surface area (Å²) in [6.07, 6.45) is 7.50. The van der Waals surface area contributed by atoms with Crippen molar-refractivity contribution in [2.75, 3.05) is 13.2 Å². The fourth-order valence-corrected chi connectivity index (χ4v) is 2.55. The van der Waals surface area contributed by atoms with Gasteiger partial charge < -0.3 is 14.6 Å². The normalized spacial score (nSPS) is 18.1. The van der Waals surface area contributed by atoms with Gasteiger partial charge in [0.25, 0.3) is 0 Å². The smallest absolute Gasteiger partial charge is 0.126 e. The van der Waals surface area contributed by atoms with Gasteiger partial charge in [-0.1, -0.05) is 6.07 Å². The number of halogens is 1. The van der Waals surface area contributed by atoms with Crippen LogP contribution >= 0.6 is 0 Å². The van der Waals surface area contributed by atoms with E-state index in [9.17, 15) is 4.39 Å². The van der Waals surface area contributed by atoms with Gasteiger partial charge in [0.2, 0.25) is 0 Å². The number of benzene rings is 1. The van der Waals surface area contributed by atoms with Gasteiger partial charge in [0.15, 0.2) is 0 Å². The molecule has 0 unspecified atom stereocenters. The van der Waals surface area contributed by atoms with Crippen LogP contribution in [0.5, 0.6) is 5.75 Å². The summed E-state index contributed by atoms with van der Waals surface area (Å²) in [5.41, 5.74) is 1.05. The third kappa shape index (κ3) is 2.99. The molecule has 0 aliphatic carbocycles. The summed E-state index contributed by atoms with van der Waals surface area (Å²) in [6.45, 7) is 2.36. The van der Waals surface area contributed by atoms with Crippen LogP contribution in [0.1, 0.15) is 24.4 Å². The molecule has 0 radical (unpaired) electrons. The first kappa shape index (κ1) is 13.1. The first-order chi connectivity index (χ1) is 9.83. The Balaban J connectivity index is 1.67. The molecule has 0 saturated heterocycles. The van der Waals surface area contributed by atoms with Gasteiger partial charge in [-0.3, -0.25) is 0 Å². The number of fused-ring (bicyclic) bond motifs is 1. The molecule has 4 nitrogen and oxygen atoms in total. The first-order valence-electron chi connectivity index (χ1n) is 6.94. The summed E-state index contributed by atoms with van der Waals surface area (Å²) in [7, 11) is 0. The molecule has 20 heavy (non-hydrogen) atoms. The average Bonchev–Trinajstić information content (AvgIpc) is 2.87. The van der Waals surface area contributed by atoms with Crippen molar-refractivity contribution < 1.29 is 9.13 Å². The molecule has 0 fully saturated rings. The Kier molecular flexibility index (Phi) is 3.97. The quantitative estimate of drug-likeness (QED) is 0.932. The molecule has 0 bridgehead atoms. The van der Waals surface area contributed by atoms with Crippen molar-refractivity contribution in [2.45, 2.75) is 25.4 Å². The van der Waals surface area contributed by atoms with Gasteiger partial charge in [-0.25, -0.2) is 9.37 Å². The molecule has 5 heteroatoms. The molecule has 1 N–H and O–H groups in total. The van der Waals surface area contributed by atoms with Crippen LogP contribution < -0.4 is 10.1 Å². The zero-order chi connectivity index (χ0) is 13.8. The maximum Gasteiger partial charge on any atom is 0.126 e. The van der Waals surface area contributed by atoms with E-state index >= 15 is 0 Å². The van der Waals surface area contributed by atoms with Crippen molar-refractivity contribution in [3.8, 4) is 5.75 Å². The molecular formula is C15H18FN3O. The van der Waals surface area contributed by atoms with E-state index in [1.54, 1.807) is 12.5 Å². The third-order valence-electron chi connectivity index (χ3n) is 3.57. The molecular weight excluding hydrogens is 257 g/mol. The van der Waals surface area contributed by atoms with E-state index in [4.69, 9.17) is 4.74 Å². The summed E-state index contributed by atoms with van der Waals surface area (Å²) in [5.74, 6) is 0.422. The van der Waals surface area contributed by atoms with Gasteiger partial charge >= 0.3 is 0 Å². The molecule has 1 aliphatic heterocycles. The lowest BCUT2D eigenvalue weighted by molar-refractivity contribution is 0.313. The molecule has 0 amide bonds. The lowest BCUT2D eigenvalue weighted by Crippen LogP contribution is -2.25. The lowest BCUT2D eigenvalue weighted by atomic mass is 10.0. The molecule has 0 saturated carbocycles. The molecule has 2 heterocycles. The highest BCUT2D eigenvalue weighted by atomic mass is 19.1. The van der Waals surface area contributed by atoms with Gasteiger partial charge in [-0.15, -0.1) is 0 Å². The number of hydrogen-bond acceptors (Lipinski definition) is 3. The number of aromatic nitrogens is 2. The maximum atomic E-state index is 13.3. The minimum Gasteiger partial charge on any atom is -0.493 e. The number of ether oxygens (including phenoxy) is 1. The number of rotatable bonds is 4. The minimum atomic E-state index is -0.247. The molecule has 106 valence electrons. The van der Waals surface area contributed by atoms with E-state index < -0.39 is 0 Å². The zero-order valence-electron chi connectivity index (χ0n) is 11.3. The van der Waals surface area contributed by atoms with Crippen LogP contribution in [0.3, 0.4) is 0 Å². The Labute approximate surface area is 117 Å². The van der Waals surface area contributed by atoms with Crippen molar-refractivity contribution in [1.29, 1.82) is 0 Å². The van der Waals surface area contributed by atoms with Crippen molar-refractivity contribution in [1.82, 2.24) is 14.9 Å². The molecule has 1 atom stereocenters. The second kappa shape index (κ2) is 6.05. The van der Waals surface area contributed by atoms with Crippen LogP contribution in [-0.2, 0) is 6.54 Å². The van der Waals surface area contributed by atoms with Crippen LogP contribution in [0.4, 0.5) is 4.39 Å². The molecule has 1 aromatic carbocycles. The van der Waals surface area contributed by atoms with Gasteiger partial charge in [-0.05, 0) is 18.9 Å². The van der Waals surface area contributed by atoms with Crippen LogP contribution in [-0.4, -0.2) is 22.7 Å². The lowest BCUT2D eigenvalue weighted by Gasteiger charge is -2.18. The SMILES string of the molecule is Fc1ccc2c(c1)OCCC[C@H]2NCCn1ccnc1. The fraction of sp³-hybridized carbons (Fsp3) is 0.400. The number of imidazole rings is 1. The Morgan fingerprint density at radius 3 is 3.25 bits per heavy atom. The molecule has 2 aromatic rings. The second-order valence-electron chi connectivity index (χ2n) is 4.98. The predicted octanol–water partition coefficient (Wildman–Crippen LogP) is 2.53. The predicted molar refractivity (Wildman–Crippen MR) is 74.1 cm³/mol. The van der Waals surface area contributed by atoms with Crippen molar-refractivity contribution in [2.24, 2.45) is 0 Å². The van der Waals surface area contributed by atoms with E-state index in [0.717, 1.165) is 31.5 Å². The molecule has 1 aromatic heterocycles. The van der Waals surface area contributed by atoms with Crippen LogP contribution in [0, 0.1) is 5.82 Å². The highest BCUT2D eigenvalue weighted by molar-refractivity contribution is 5.37. The standard InChI is InChI=1S/C15H18FN3O/c16-12-3-4-13-14(2-1-9-20-15(13)10-12)18-6-8-19-7-5-17-11-19/h3-5,7,10-11,14,18H,1-2,6,8-9H2/t14-/m1/s1. The van der Waals surface area contributed by atoms with Gasteiger partial charge in [0, 0.05) is 43.2 Å². The van der Waals surface area contributed by atoms with Gasteiger partial charge in [0.1, 0.15) is 11.6 Å². The van der Waals surface area contributed by atoms with E-state index in [2.05, 4.69) is 10.3 Å². The number of nitrogens with one attached hydrogen (secondary N) is 1. The van der Waals surface area contributed by atoms with E-state index in [-0.39, 0.29) is 11.9 Å². The minimum absolute atomic E-state index is 0.219. The number of nitrogens with zero attached hydrogens (tertiary/aromatic N) is 2. The average molecular weight is 275 g/mol. The second-order valence-corrected chi connectivity index (χ2v) is 4.98. The molecule has 1 aliphatic rings. The van der Waals surface area contributed by atoms with E-state index in [1.165, 1.54) is 12.1 Å². The van der Waals surface area contributed by atoms with E-state index in [0.29, 0.717) is 12.4 Å². The Morgan fingerprint density at radius 1 is 1.45 bits per heavy atom. The summed E-state index contributed by atoms with van der Waals surface area (Å²) in [5, 5.41) is 3.52. The topological polar surface area (TPSA) is 39.1 Å². The highest BCUT2D eigenvalue weighted by Gasteiger charge is 2.19. The molecule has 3 rings (SSSR count). The Morgan fingerprint density at radius 2 is 2.40 bits per heavy atom. The summed E-state index contributed by atoms with van der Waals surface area (Å²) < 4.78 is 20.9. The maximum absolute atomic E-state index is 13.3. The first-order valence-corrected chi connectivity index (χ1v) is 6.94. The monoisotopic (exact) mass is 275 g/mol. The van der Waals surface area contributed by atoms with Crippen molar-refractivity contribution >= 4 is 0 Å². The van der Waals surface area contributed by atoms with Gasteiger partial charge in [0.05, 0.1) is 12.9 Å². The van der Waals surface area contributed by atoms with Crippen LogP contribution in [0.2, 0.25) is 0 Å². The van der Waals surface area contributed by atoms with Gasteiger partial charge in [-0.2, -0.15) is 0 Å². The molecule has 0 spiro atoms. The third-order valence-corrected chi connectivity index (χ3v) is 3.57. The Hall–Kier alpha value is -1.88. The van der Waals surface area contributed by atoms with Crippen LogP contribution in [0.25, 0.3) is 0 Å².